The van der Waals surface area contributed by atoms with Crippen molar-refractivity contribution >= 4 is 21.4 Å². The second-order valence-electron chi connectivity index (χ2n) is 4.20. The fourth-order valence-corrected chi connectivity index (χ4v) is 2.91. The van der Waals surface area contributed by atoms with Gasteiger partial charge in [0, 0.05) is 17.0 Å². The van der Waals surface area contributed by atoms with Crippen LogP contribution in [0.2, 0.25) is 0 Å². The average Bonchev–Trinajstić information content (AvgIpc) is 2.81. The van der Waals surface area contributed by atoms with Gasteiger partial charge in [-0.1, -0.05) is 18.2 Å². The van der Waals surface area contributed by atoms with E-state index in [1.165, 1.54) is 11.3 Å². The first-order chi connectivity index (χ1) is 9.24. The molecule has 3 aromatic rings. The van der Waals surface area contributed by atoms with Crippen molar-refractivity contribution in [3.63, 3.8) is 0 Å². The van der Waals surface area contributed by atoms with Crippen LogP contribution in [0.3, 0.4) is 0 Å². The molecule has 4 heteroatoms. The lowest BCUT2D eigenvalue weighted by atomic mass is 10.2. The van der Waals surface area contributed by atoms with Crippen molar-refractivity contribution in [1.82, 2.24) is 0 Å². The van der Waals surface area contributed by atoms with Gasteiger partial charge in [-0.05, 0) is 23.6 Å². The van der Waals surface area contributed by atoms with Crippen LogP contribution in [0.1, 0.15) is 5.56 Å². The first-order valence-electron chi connectivity index (χ1n) is 5.84. The molecule has 0 saturated carbocycles. The maximum absolute atomic E-state index is 9.74. The molecule has 0 amide bonds. The van der Waals surface area contributed by atoms with Crippen molar-refractivity contribution in [3.8, 4) is 17.2 Å². The van der Waals surface area contributed by atoms with Crippen LogP contribution in [0.4, 0.5) is 0 Å². The normalized spacial score (nSPS) is 10.7. The minimum atomic E-state index is 0.185. The Morgan fingerprint density at radius 1 is 1.05 bits per heavy atom. The average molecular weight is 272 g/mol. The molecule has 1 heterocycles. The van der Waals surface area contributed by atoms with Gasteiger partial charge >= 0.3 is 0 Å². The van der Waals surface area contributed by atoms with Crippen LogP contribution in [0.25, 0.3) is 10.1 Å². The summed E-state index contributed by atoms with van der Waals surface area (Å²) in [4.78, 5) is 0. The highest BCUT2D eigenvalue weighted by molar-refractivity contribution is 7.17. The van der Waals surface area contributed by atoms with Crippen LogP contribution in [0.5, 0.6) is 17.2 Å². The van der Waals surface area contributed by atoms with Gasteiger partial charge in [-0.3, -0.25) is 0 Å². The Hall–Kier alpha value is -2.20. The quantitative estimate of drug-likeness (QED) is 0.760. The smallest absolute Gasteiger partial charge is 0.133 e. The predicted octanol–water partition coefficient (Wildman–Crippen LogP) is 3.89. The van der Waals surface area contributed by atoms with Crippen LogP contribution in [-0.2, 0) is 6.61 Å². The maximum atomic E-state index is 9.74. The zero-order valence-electron chi connectivity index (χ0n) is 10.0. The lowest BCUT2D eigenvalue weighted by molar-refractivity contribution is 0.306. The Bertz CT molecular complexity index is 718. The molecule has 19 heavy (non-hydrogen) atoms. The lowest BCUT2D eigenvalue weighted by Crippen LogP contribution is -1.93. The Kier molecular flexibility index (Phi) is 3.01. The van der Waals surface area contributed by atoms with Gasteiger partial charge in [0.15, 0.2) is 0 Å². The van der Waals surface area contributed by atoms with Crippen molar-refractivity contribution in [2.45, 2.75) is 6.61 Å². The van der Waals surface area contributed by atoms with E-state index in [-0.39, 0.29) is 5.75 Å². The van der Waals surface area contributed by atoms with E-state index in [9.17, 15) is 10.2 Å². The van der Waals surface area contributed by atoms with E-state index in [0.717, 1.165) is 15.6 Å². The summed E-state index contributed by atoms with van der Waals surface area (Å²) in [7, 11) is 0. The van der Waals surface area contributed by atoms with E-state index in [0.29, 0.717) is 18.1 Å². The van der Waals surface area contributed by atoms with E-state index in [1.54, 1.807) is 30.3 Å². The molecule has 3 nitrogen and oxygen atoms in total. The van der Waals surface area contributed by atoms with Crippen molar-refractivity contribution in [2.75, 3.05) is 0 Å². The highest BCUT2D eigenvalue weighted by atomic mass is 32.1. The number of phenolic OH excluding ortho intramolecular Hbond substituents is 2. The van der Waals surface area contributed by atoms with Crippen LogP contribution in [-0.4, -0.2) is 10.2 Å². The number of phenols is 2. The van der Waals surface area contributed by atoms with Gasteiger partial charge in [-0.15, -0.1) is 11.3 Å². The van der Waals surface area contributed by atoms with Gasteiger partial charge in [0.2, 0.25) is 0 Å². The van der Waals surface area contributed by atoms with Crippen LogP contribution in [0, 0.1) is 0 Å². The van der Waals surface area contributed by atoms with Crippen molar-refractivity contribution in [3.05, 3.63) is 53.4 Å². The SMILES string of the molecule is Oc1cccc(OCc2csc3c(O)cccc23)c1. The fraction of sp³-hybridized carbons (Fsp3) is 0.0667. The molecule has 96 valence electrons. The Morgan fingerprint density at radius 3 is 2.74 bits per heavy atom. The molecule has 0 saturated heterocycles. The fourth-order valence-electron chi connectivity index (χ4n) is 1.94. The molecule has 2 aromatic carbocycles. The zero-order chi connectivity index (χ0) is 13.2. The molecule has 3 rings (SSSR count). The molecular formula is C15H12O3S. The number of aromatic hydroxyl groups is 2. The summed E-state index contributed by atoms with van der Waals surface area (Å²) in [6.45, 7) is 0.410. The minimum absolute atomic E-state index is 0.185. The number of rotatable bonds is 3. The van der Waals surface area contributed by atoms with Crippen LogP contribution in [0.15, 0.2) is 47.8 Å². The molecule has 0 aliphatic rings. The molecule has 0 aliphatic heterocycles. The number of ether oxygens (including phenoxy) is 1. The first kappa shape index (κ1) is 11.9. The third kappa shape index (κ3) is 2.35. The summed E-state index contributed by atoms with van der Waals surface area (Å²) < 4.78 is 6.52. The second kappa shape index (κ2) is 4.82. The first-order valence-corrected chi connectivity index (χ1v) is 6.72. The van der Waals surface area contributed by atoms with Crippen LogP contribution >= 0.6 is 11.3 Å². The van der Waals surface area contributed by atoms with Crippen molar-refractivity contribution < 1.29 is 14.9 Å². The number of hydrogen-bond acceptors (Lipinski definition) is 4. The van der Waals surface area contributed by atoms with E-state index in [2.05, 4.69) is 0 Å². The van der Waals surface area contributed by atoms with Crippen molar-refractivity contribution in [1.29, 1.82) is 0 Å². The van der Waals surface area contributed by atoms with Crippen LogP contribution < -0.4 is 4.74 Å². The molecule has 1 aromatic heterocycles. The van der Waals surface area contributed by atoms with E-state index in [1.807, 2.05) is 17.5 Å². The van der Waals surface area contributed by atoms with Gasteiger partial charge in [0.1, 0.15) is 23.9 Å². The van der Waals surface area contributed by atoms with Crippen molar-refractivity contribution in [2.24, 2.45) is 0 Å². The van der Waals surface area contributed by atoms with E-state index in [4.69, 9.17) is 4.74 Å². The summed E-state index contributed by atoms with van der Waals surface area (Å²) in [6, 6.07) is 12.2. The summed E-state index contributed by atoms with van der Waals surface area (Å²) in [5, 5.41) is 22.1. The molecule has 0 radical (unpaired) electrons. The largest absolute Gasteiger partial charge is 0.508 e. The van der Waals surface area contributed by atoms with Gasteiger partial charge < -0.3 is 14.9 Å². The molecular weight excluding hydrogens is 260 g/mol. The highest BCUT2D eigenvalue weighted by Crippen LogP contribution is 2.33. The molecule has 0 atom stereocenters. The third-order valence-electron chi connectivity index (χ3n) is 2.87. The lowest BCUT2D eigenvalue weighted by Gasteiger charge is -2.05. The Labute approximate surface area is 114 Å². The Balaban J connectivity index is 1.84. The summed E-state index contributed by atoms with van der Waals surface area (Å²) in [6.07, 6.45) is 0. The standard InChI is InChI=1S/C15H12O3S/c16-11-3-1-4-12(7-11)18-8-10-9-19-15-13(10)5-2-6-14(15)17/h1-7,9,16-17H,8H2. The number of hydrogen-bond donors (Lipinski definition) is 2. The minimum Gasteiger partial charge on any atom is -0.508 e. The number of thiophene rings is 1. The number of fused-ring (bicyclic) bond motifs is 1. The van der Waals surface area contributed by atoms with E-state index >= 15 is 0 Å². The second-order valence-corrected chi connectivity index (χ2v) is 5.08. The molecule has 0 fully saturated rings. The zero-order valence-corrected chi connectivity index (χ0v) is 10.9. The number of benzene rings is 2. The molecule has 0 aliphatic carbocycles. The molecule has 0 unspecified atom stereocenters. The van der Waals surface area contributed by atoms with Gasteiger partial charge in [-0.25, -0.2) is 0 Å². The molecule has 0 spiro atoms. The van der Waals surface area contributed by atoms with Gasteiger partial charge in [0.25, 0.3) is 0 Å². The summed E-state index contributed by atoms with van der Waals surface area (Å²) in [5.74, 6) is 1.11. The van der Waals surface area contributed by atoms with Gasteiger partial charge in [0.05, 0.1) is 4.70 Å². The topological polar surface area (TPSA) is 49.7 Å². The molecule has 0 bridgehead atoms. The van der Waals surface area contributed by atoms with E-state index < -0.39 is 0 Å². The summed E-state index contributed by atoms with van der Waals surface area (Å²) in [5.41, 5.74) is 1.03. The monoisotopic (exact) mass is 272 g/mol. The predicted molar refractivity (Wildman–Crippen MR) is 75.9 cm³/mol. The highest BCUT2D eigenvalue weighted by Gasteiger charge is 2.07. The third-order valence-corrected chi connectivity index (χ3v) is 3.94. The summed E-state index contributed by atoms with van der Waals surface area (Å²) >= 11 is 1.50. The molecule has 2 N–H and O–H groups in total. The van der Waals surface area contributed by atoms with Gasteiger partial charge in [-0.2, -0.15) is 0 Å². The Morgan fingerprint density at radius 2 is 1.89 bits per heavy atom. The maximum Gasteiger partial charge on any atom is 0.133 e.